The highest BCUT2D eigenvalue weighted by atomic mass is 16.5. The van der Waals surface area contributed by atoms with Gasteiger partial charge in [0.15, 0.2) is 0 Å². The normalized spacial score (nSPS) is 10.2. The van der Waals surface area contributed by atoms with Gasteiger partial charge in [0.25, 0.3) is 0 Å². The van der Waals surface area contributed by atoms with Crippen LogP contribution in [0.25, 0.3) is 0 Å². The van der Waals surface area contributed by atoms with E-state index in [1.165, 1.54) is 0 Å². The molecule has 0 aliphatic heterocycles. The molecule has 0 saturated carbocycles. The van der Waals surface area contributed by atoms with Gasteiger partial charge in [-0.15, -0.1) is 0 Å². The first-order valence-corrected chi connectivity index (χ1v) is 5.65. The van der Waals surface area contributed by atoms with Crippen LogP contribution in [0, 0.1) is 0 Å². The maximum atomic E-state index is 9.05. The molecule has 0 bridgehead atoms. The minimum absolute atomic E-state index is 0.00565. The summed E-state index contributed by atoms with van der Waals surface area (Å²) in [7, 11) is 0. The molecular formula is C14H15NO2. The van der Waals surface area contributed by atoms with Crippen LogP contribution in [0.15, 0.2) is 42.6 Å². The fraction of sp³-hybridized carbons (Fsp3) is 0.214. The van der Waals surface area contributed by atoms with Crippen molar-refractivity contribution in [3.05, 3.63) is 53.7 Å². The molecule has 0 amide bonds. The van der Waals surface area contributed by atoms with Gasteiger partial charge in [-0.1, -0.05) is 25.1 Å². The number of nitrogens with zero attached hydrogens (tertiary/aromatic N) is 1. The Hall–Kier alpha value is -1.87. The summed E-state index contributed by atoms with van der Waals surface area (Å²) in [6.45, 7) is 2.08. The van der Waals surface area contributed by atoms with E-state index >= 15 is 0 Å². The van der Waals surface area contributed by atoms with Crippen LogP contribution in [-0.2, 0) is 13.0 Å². The van der Waals surface area contributed by atoms with Crippen molar-refractivity contribution in [2.24, 2.45) is 0 Å². The van der Waals surface area contributed by atoms with Crippen molar-refractivity contribution in [1.82, 2.24) is 4.98 Å². The Morgan fingerprint density at radius 1 is 1.24 bits per heavy atom. The van der Waals surface area contributed by atoms with Crippen LogP contribution in [0.3, 0.4) is 0 Å². The van der Waals surface area contributed by atoms with E-state index in [1.54, 1.807) is 18.3 Å². The van der Waals surface area contributed by atoms with Gasteiger partial charge in [-0.3, -0.25) is 0 Å². The number of aryl methyl sites for hydroxylation is 1. The number of rotatable bonds is 4. The van der Waals surface area contributed by atoms with Crippen LogP contribution in [0.1, 0.15) is 18.1 Å². The van der Waals surface area contributed by atoms with Crippen LogP contribution < -0.4 is 4.74 Å². The molecule has 0 unspecified atom stereocenters. The summed E-state index contributed by atoms with van der Waals surface area (Å²) >= 11 is 0. The lowest BCUT2D eigenvalue weighted by Crippen LogP contribution is -1.93. The predicted molar refractivity (Wildman–Crippen MR) is 66.1 cm³/mol. The van der Waals surface area contributed by atoms with Crippen molar-refractivity contribution in [1.29, 1.82) is 0 Å². The van der Waals surface area contributed by atoms with E-state index < -0.39 is 0 Å². The minimum Gasteiger partial charge on any atom is -0.439 e. The van der Waals surface area contributed by atoms with E-state index in [-0.39, 0.29) is 6.61 Å². The SMILES string of the molecule is CCc1ccccc1Oc1cc(CO)ccn1. The Balaban J connectivity index is 2.24. The molecular weight excluding hydrogens is 214 g/mol. The third kappa shape index (κ3) is 2.82. The van der Waals surface area contributed by atoms with Gasteiger partial charge >= 0.3 is 0 Å². The first-order chi connectivity index (χ1) is 8.33. The topological polar surface area (TPSA) is 42.4 Å². The van der Waals surface area contributed by atoms with Crippen molar-refractivity contribution in [3.63, 3.8) is 0 Å². The Morgan fingerprint density at radius 2 is 2.06 bits per heavy atom. The molecule has 1 N–H and O–H groups in total. The van der Waals surface area contributed by atoms with Gasteiger partial charge in [0.2, 0.25) is 5.88 Å². The molecule has 0 aliphatic carbocycles. The maximum Gasteiger partial charge on any atom is 0.219 e. The lowest BCUT2D eigenvalue weighted by atomic mass is 10.1. The van der Waals surface area contributed by atoms with E-state index in [4.69, 9.17) is 9.84 Å². The Kier molecular flexibility index (Phi) is 3.73. The van der Waals surface area contributed by atoms with E-state index in [9.17, 15) is 0 Å². The van der Waals surface area contributed by atoms with Gasteiger partial charge in [0.1, 0.15) is 5.75 Å². The summed E-state index contributed by atoms with van der Waals surface area (Å²) in [6.07, 6.45) is 2.55. The average Bonchev–Trinajstić information content (AvgIpc) is 2.39. The highest BCUT2D eigenvalue weighted by Crippen LogP contribution is 2.24. The summed E-state index contributed by atoms with van der Waals surface area (Å²) in [5, 5.41) is 9.05. The van der Waals surface area contributed by atoms with Gasteiger partial charge in [0.05, 0.1) is 6.61 Å². The molecule has 17 heavy (non-hydrogen) atoms. The fourth-order valence-corrected chi connectivity index (χ4v) is 1.61. The number of pyridine rings is 1. The molecule has 1 aromatic carbocycles. The highest BCUT2D eigenvalue weighted by Gasteiger charge is 2.03. The molecule has 0 saturated heterocycles. The summed E-state index contributed by atoms with van der Waals surface area (Å²) in [5.74, 6) is 1.33. The van der Waals surface area contributed by atoms with E-state index in [0.29, 0.717) is 5.88 Å². The van der Waals surface area contributed by atoms with Gasteiger partial charge < -0.3 is 9.84 Å². The zero-order valence-corrected chi connectivity index (χ0v) is 9.76. The molecule has 0 radical (unpaired) electrons. The van der Waals surface area contributed by atoms with E-state index in [2.05, 4.69) is 11.9 Å². The molecule has 3 nitrogen and oxygen atoms in total. The summed E-state index contributed by atoms with van der Waals surface area (Å²) in [4.78, 5) is 4.12. The minimum atomic E-state index is -0.00565. The van der Waals surface area contributed by atoms with Crippen LogP contribution in [0.5, 0.6) is 11.6 Å². The molecule has 1 aromatic heterocycles. The first kappa shape index (κ1) is 11.6. The average molecular weight is 229 g/mol. The lowest BCUT2D eigenvalue weighted by molar-refractivity contribution is 0.281. The molecule has 88 valence electrons. The standard InChI is InChI=1S/C14H15NO2/c1-2-12-5-3-4-6-13(12)17-14-9-11(10-16)7-8-15-14/h3-9,16H,2,10H2,1H3. The zero-order chi connectivity index (χ0) is 12.1. The van der Waals surface area contributed by atoms with Crippen molar-refractivity contribution in [3.8, 4) is 11.6 Å². The summed E-state index contributed by atoms with van der Waals surface area (Å²) in [6, 6.07) is 11.4. The summed E-state index contributed by atoms with van der Waals surface area (Å²) in [5.41, 5.74) is 1.94. The second-order valence-corrected chi connectivity index (χ2v) is 3.72. The summed E-state index contributed by atoms with van der Waals surface area (Å²) < 4.78 is 5.72. The molecule has 3 heteroatoms. The smallest absolute Gasteiger partial charge is 0.219 e. The largest absolute Gasteiger partial charge is 0.439 e. The van der Waals surface area contributed by atoms with Gasteiger partial charge in [-0.25, -0.2) is 4.98 Å². The van der Waals surface area contributed by atoms with Gasteiger partial charge in [-0.05, 0) is 29.7 Å². The van der Waals surface area contributed by atoms with Crippen LogP contribution >= 0.6 is 0 Å². The van der Waals surface area contributed by atoms with E-state index in [1.807, 2.05) is 24.3 Å². The Morgan fingerprint density at radius 3 is 2.82 bits per heavy atom. The van der Waals surface area contributed by atoms with Crippen LogP contribution in [0.2, 0.25) is 0 Å². The maximum absolute atomic E-state index is 9.05. The van der Waals surface area contributed by atoms with Crippen molar-refractivity contribution < 1.29 is 9.84 Å². The van der Waals surface area contributed by atoms with Crippen molar-refractivity contribution in [2.75, 3.05) is 0 Å². The lowest BCUT2D eigenvalue weighted by Gasteiger charge is -2.09. The zero-order valence-electron chi connectivity index (χ0n) is 9.76. The van der Waals surface area contributed by atoms with Crippen molar-refractivity contribution >= 4 is 0 Å². The second-order valence-electron chi connectivity index (χ2n) is 3.72. The number of aliphatic hydroxyl groups excluding tert-OH is 1. The van der Waals surface area contributed by atoms with Crippen LogP contribution in [-0.4, -0.2) is 10.1 Å². The van der Waals surface area contributed by atoms with Crippen molar-refractivity contribution in [2.45, 2.75) is 20.0 Å². The first-order valence-electron chi connectivity index (χ1n) is 5.65. The number of benzene rings is 1. The molecule has 1 heterocycles. The number of hydrogen-bond donors (Lipinski definition) is 1. The second kappa shape index (κ2) is 5.46. The fourth-order valence-electron chi connectivity index (χ4n) is 1.61. The molecule has 2 aromatic rings. The third-order valence-corrected chi connectivity index (χ3v) is 2.55. The third-order valence-electron chi connectivity index (χ3n) is 2.55. The van der Waals surface area contributed by atoms with Gasteiger partial charge in [-0.2, -0.15) is 0 Å². The number of aliphatic hydroxyl groups is 1. The number of ether oxygens (including phenoxy) is 1. The van der Waals surface area contributed by atoms with Crippen LogP contribution in [0.4, 0.5) is 0 Å². The molecule has 2 rings (SSSR count). The molecule has 0 spiro atoms. The number of hydrogen-bond acceptors (Lipinski definition) is 3. The molecule has 0 atom stereocenters. The predicted octanol–water partition coefficient (Wildman–Crippen LogP) is 2.93. The number of aromatic nitrogens is 1. The highest BCUT2D eigenvalue weighted by molar-refractivity contribution is 5.36. The monoisotopic (exact) mass is 229 g/mol. The van der Waals surface area contributed by atoms with Gasteiger partial charge in [0, 0.05) is 12.3 Å². The Bertz CT molecular complexity index is 497. The Labute approximate surface area is 101 Å². The number of para-hydroxylation sites is 1. The quantitative estimate of drug-likeness (QED) is 0.876. The molecule has 0 aliphatic rings. The van der Waals surface area contributed by atoms with E-state index in [0.717, 1.165) is 23.3 Å². The molecule has 0 fully saturated rings.